The minimum Gasteiger partial charge on any atom is -0.545 e. The van der Waals surface area contributed by atoms with Gasteiger partial charge >= 0.3 is 5.97 Å². The van der Waals surface area contributed by atoms with Crippen LogP contribution in [0.15, 0.2) is 54.6 Å². The molecule has 2 aromatic rings. The molecule has 0 fully saturated rings. The van der Waals surface area contributed by atoms with E-state index in [-0.39, 0.29) is 11.1 Å². The normalized spacial score (nSPS) is 11.1. The van der Waals surface area contributed by atoms with E-state index in [2.05, 4.69) is 51.4 Å². The van der Waals surface area contributed by atoms with Gasteiger partial charge in [0.05, 0.1) is 32.2 Å². The number of carboxylic acids is 2. The van der Waals surface area contributed by atoms with Crippen molar-refractivity contribution in [2.75, 3.05) is 20.6 Å². The first-order chi connectivity index (χ1) is 19.3. The van der Waals surface area contributed by atoms with Gasteiger partial charge in [0.2, 0.25) is 0 Å². The van der Waals surface area contributed by atoms with Crippen LogP contribution in [-0.2, 0) is 6.54 Å². The average molecular weight is 554 g/mol. The van der Waals surface area contributed by atoms with Gasteiger partial charge in [-0.05, 0) is 18.9 Å². The molecule has 0 bridgehead atoms. The van der Waals surface area contributed by atoms with Crippen LogP contribution in [0.5, 0.6) is 0 Å². The van der Waals surface area contributed by atoms with E-state index in [1.807, 2.05) is 0 Å². The number of quaternary nitrogens is 1. The molecule has 0 spiro atoms. The molecule has 5 heteroatoms. The zero-order valence-corrected chi connectivity index (χ0v) is 25.5. The number of hydrogen-bond acceptors (Lipinski definition) is 3. The van der Waals surface area contributed by atoms with Crippen LogP contribution in [0.3, 0.4) is 0 Å². The Morgan fingerprint density at radius 2 is 1.02 bits per heavy atom. The van der Waals surface area contributed by atoms with Gasteiger partial charge in [-0.15, -0.1) is 0 Å². The molecular weight excluding hydrogens is 498 g/mol. The number of benzene rings is 2. The van der Waals surface area contributed by atoms with Crippen molar-refractivity contribution in [1.29, 1.82) is 0 Å². The molecule has 0 aliphatic rings. The fourth-order valence-electron chi connectivity index (χ4n) is 5.09. The van der Waals surface area contributed by atoms with E-state index in [1.54, 1.807) is 0 Å². The van der Waals surface area contributed by atoms with Crippen LogP contribution in [0.4, 0.5) is 0 Å². The third kappa shape index (κ3) is 17.8. The first-order valence-electron chi connectivity index (χ1n) is 15.7. The largest absolute Gasteiger partial charge is 0.545 e. The summed E-state index contributed by atoms with van der Waals surface area (Å²) in [6.45, 7) is 4.75. The van der Waals surface area contributed by atoms with Crippen molar-refractivity contribution >= 4 is 11.9 Å². The molecule has 0 aromatic heterocycles. The monoisotopic (exact) mass is 553 g/mol. The summed E-state index contributed by atoms with van der Waals surface area (Å²) in [7, 11) is 4.75. The summed E-state index contributed by atoms with van der Waals surface area (Å²) in [4.78, 5) is 20.8. The Hall–Kier alpha value is -2.66. The molecular formula is C35H55NO4. The first kappa shape index (κ1) is 35.4. The minimum absolute atomic E-state index is 0.252. The number of unbranched alkanes of at least 4 members (excludes halogenated alkanes) is 15. The van der Waals surface area contributed by atoms with Gasteiger partial charge in [0.25, 0.3) is 0 Å². The van der Waals surface area contributed by atoms with Gasteiger partial charge in [-0.25, -0.2) is 4.79 Å². The average Bonchev–Trinajstić information content (AvgIpc) is 2.93. The Morgan fingerprint density at radius 1 is 0.625 bits per heavy atom. The first-order valence-corrected chi connectivity index (χ1v) is 15.7. The fraction of sp³-hybridized carbons (Fsp3) is 0.600. The SMILES string of the molecule is CCCCCCCCCCCCCCCCCC[N+](C)(C)Cc1ccccc1.O=C([O-])c1ccccc1C(=O)O. The van der Waals surface area contributed by atoms with Crippen molar-refractivity contribution in [3.63, 3.8) is 0 Å². The van der Waals surface area contributed by atoms with E-state index in [1.165, 1.54) is 139 Å². The summed E-state index contributed by atoms with van der Waals surface area (Å²) in [5, 5.41) is 18.9. The van der Waals surface area contributed by atoms with Gasteiger partial charge in [-0.2, -0.15) is 0 Å². The molecule has 1 N–H and O–H groups in total. The Labute approximate surface area is 244 Å². The van der Waals surface area contributed by atoms with Crippen molar-refractivity contribution in [2.45, 2.75) is 116 Å². The predicted molar refractivity (Wildman–Crippen MR) is 164 cm³/mol. The summed E-state index contributed by atoms with van der Waals surface area (Å²) in [6.07, 6.45) is 23.2. The molecule has 0 saturated carbocycles. The fourth-order valence-corrected chi connectivity index (χ4v) is 5.09. The van der Waals surface area contributed by atoms with Crippen molar-refractivity contribution in [1.82, 2.24) is 0 Å². The highest BCUT2D eigenvalue weighted by Gasteiger charge is 2.14. The lowest BCUT2D eigenvalue weighted by Crippen LogP contribution is -2.39. The summed E-state index contributed by atoms with van der Waals surface area (Å²) < 4.78 is 1.11. The number of carbonyl (C=O) groups is 2. The topological polar surface area (TPSA) is 77.4 Å². The summed E-state index contributed by atoms with van der Waals surface area (Å²) in [5.41, 5.74) is 0.909. The van der Waals surface area contributed by atoms with E-state index in [9.17, 15) is 14.7 Å². The van der Waals surface area contributed by atoms with Crippen LogP contribution in [0.25, 0.3) is 0 Å². The van der Waals surface area contributed by atoms with Crippen molar-refractivity contribution < 1.29 is 24.3 Å². The highest BCUT2D eigenvalue weighted by atomic mass is 16.4. The van der Waals surface area contributed by atoms with Gasteiger partial charge in [0, 0.05) is 11.1 Å². The van der Waals surface area contributed by atoms with Gasteiger partial charge in [0.15, 0.2) is 0 Å². The van der Waals surface area contributed by atoms with Crippen molar-refractivity contribution in [3.8, 4) is 0 Å². The second kappa shape index (κ2) is 22.1. The third-order valence-corrected chi connectivity index (χ3v) is 7.45. The van der Waals surface area contributed by atoms with Crippen LogP contribution in [-0.4, -0.2) is 42.2 Å². The minimum atomic E-state index is -1.48. The Balaban J connectivity index is 0.000000552. The number of carbonyl (C=O) groups excluding carboxylic acids is 1. The second-order valence-electron chi connectivity index (χ2n) is 11.7. The van der Waals surface area contributed by atoms with E-state index < -0.39 is 11.9 Å². The molecule has 0 unspecified atom stereocenters. The zero-order chi connectivity index (χ0) is 29.5. The standard InChI is InChI=1S/C27H50N.C8H6O4/c1-4-5-6-7-8-9-10-11-12-13-14-15-16-17-18-22-25-28(2,3)26-27-23-20-19-21-24-27;9-7(10)5-3-1-2-4-6(5)8(11)12/h19-21,23-24H,4-18,22,25-26H2,1-3H3;1-4H,(H,9,10)(H,11,12)/q+1;/p-1. The maximum absolute atomic E-state index is 10.4. The zero-order valence-electron chi connectivity index (χ0n) is 25.5. The molecule has 2 aromatic carbocycles. The molecule has 40 heavy (non-hydrogen) atoms. The van der Waals surface area contributed by atoms with Crippen molar-refractivity contribution in [3.05, 3.63) is 71.3 Å². The lowest BCUT2D eigenvalue weighted by Gasteiger charge is -2.30. The van der Waals surface area contributed by atoms with Crippen molar-refractivity contribution in [2.24, 2.45) is 0 Å². The number of rotatable bonds is 21. The maximum Gasteiger partial charge on any atom is 0.336 e. The maximum atomic E-state index is 10.4. The molecule has 0 amide bonds. The summed E-state index contributed by atoms with van der Waals surface area (Å²) in [5.74, 6) is -2.75. The summed E-state index contributed by atoms with van der Waals surface area (Å²) in [6, 6.07) is 16.2. The molecule has 0 aliphatic carbocycles. The second-order valence-corrected chi connectivity index (χ2v) is 11.7. The Kier molecular flexibility index (Phi) is 19.5. The van der Waals surface area contributed by atoms with E-state index in [0.29, 0.717) is 0 Å². The van der Waals surface area contributed by atoms with Crippen LogP contribution in [0, 0.1) is 0 Å². The lowest BCUT2D eigenvalue weighted by molar-refractivity contribution is -0.903. The lowest BCUT2D eigenvalue weighted by atomic mass is 10.0. The number of nitrogens with zero attached hydrogens (tertiary/aromatic N) is 1. The number of hydrogen-bond donors (Lipinski definition) is 1. The van der Waals surface area contributed by atoms with Crippen LogP contribution >= 0.6 is 0 Å². The molecule has 0 heterocycles. The van der Waals surface area contributed by atoms with Gasteiger partial charge in [-0.1, -0.05) is 145 Å². The highest BCUT2D eigenvalue weighted by Crippen LogP contribution is 2.15. The van der Waals surface area contributed by atoms with Gasteiger partial charge in [-0.3, -0.25) is 0 Å². The number of carboxylic acid groups (broad SMARTS) is 2. The van der Waals surface area contributed by atoms with Gasteiger partial charge < -0.3 is 19.5 Å². The molecule has 5 nitrogen and oxygen atoms in total. The van der Waals surface area contributed by atoms with Gasteiger partial charge in [0.1, 0.15) is 6.54 Å². The quantitative estimate of drug-likeness (QED) is 0.125. The van der Waals surface area contributed by atoms with Crippen LogP contribution < -0.4 is 5.11 Å². The van der Waals surface area contributed by atoms with Crippen LogP contribution in [0.2, 0.25) is 0 Å². The smallest absolute Gasteiger partial charge is 0.336 e. The molecule has 0 saturated heterocycles. The Bertz CT molecular complexity index is 893. The number of aromatic carboxylic acids is 2. The Morgan fingerprint density at radius 3 is 1.43 bits per heavy atom. The summed E-state index contributed by atoms with van der Waals surface area (Å²) >= 11 is 0. The van der Waals surface area contributed by atoms with Crippen LogP contribution in [0.1, 0.15) is 136 Å². The van der Waals surface area contributed by atoms with E-state index in [4.69, 9.17) is 5.11 Å². The predicted octanol–water partition coefficient (Wildman–Crippen LogP) is 8.27. The third-order valence-electron chi connectivity index (χ3n) is 7.45. The highest BCUT2D eigenvalue weighted by molar-refractivity contribution is 6.00. The molecule has 2 rings (SSSR count). The molecule has 0 radical (unpaired) electrons. The molecule has 0 aliphatic heterocycles. The molecule has 224 valence electrons. The van der Waals surface area contributed by atoms with E-state index >= 15 is 0 Å². The molecule has 0 atom stereocenters. The van der Waals surface area contributed by atoms with E-state index in [0.717, 1.165) is 11.0 Å².